The van der Waals surface area contributed by atoms with Crippen LogP contribution in [0.2, 0.25) is 0 Å². The molecule has 0 amide bonds. The third-order valence-corrected chi connectivity index (χ3v) is 4.20. The Morgan fingerprint density at radius 1 is 1.32 bits per heavy atom. The molecule has 0 bridgehead atoms. The molecule has 2 aromatic rings. The first-order chi connectivity index (χ1) is 11.5. The van der Waals surface area contributed by atoms with E-state index in [0.29, 0.717) is 12.5 Å². The summed E-state index contributed by atoms with van der Waals surface area (Å²) in [4.78, 5) is 10.9. The van der Waals surface area contributed by atoms with E-state index in [2.05, 4.69) is 78.8 Å². The number of imidazole rings is 1. The SMILES string of the molecule is CN=C(NCc1nccn1CC(C)C)N(C)Cc1ccc(Br)cc1.I. The fraction of sp³-hybridized carbons (Fsp3) is 0.444. The van der Waals surface area contributed by atoms with Crippen LogP contribution in [0.15, 0.2) is 46.1 Å². The fourth-order valence-corrected chi connectivity index (χ4v) is 2.81. The molecule has 25 heavy (non-hydrogen) atoms. The highest BCUT2D eigenvalue weighted by Gasteiger charge is 2.09. The third-order valence-electron chi connectivity index (χ3n) is 3.67. The Morgan fingerprint density at radius 2 is 2.00 bits per heavy atom. The highest BCUT2D eigenvalue weighted by atomic mass is 127. The highest BCUT2D eigenvalue weighted by molar-refractivity contribution is 14.0. The molecule has 0 unspecified atom stereocenters. The van der Waals surface area contributed by atoms with E-state index < -0.39 is 0 Å². The largest absolute Gasteiger partial charge is 0.349 e. The second-order valence-electron chi connectivity index (χ2n) is 6.27. The number of nitrogens with zero attached hydrogens (tertiary/aromatic N) is 4. The molecule has 0 aliphatic rings. The first-order valence-electron chi connectivity index (χ1n) is 8.15. The minimum Gasteiger partial charge on any atom is -0.349 e. The number of aliphatic imine (C=N–C) groups is 1. The van der Waals surface area contributed by atoms with Crippen LogP contribution in [-0.2, 0) is 19.6 Å². The van der Waals surface area contributed by atoms with Gasteiger partial charge < -0.3 is 14.8 Å². The smallest absolute Gasteiger partial charge is 0.194 e. The van der Waals surface area contributed by atoms with Crippen molar-refractivity contribution < 1.29 is 0 Å². The van der Waals surface area contributed by atoms with Crippen molar-refractivity contribution >= 4 is 45.9 Å². The molecule has 1 aromatic heterocycles. The molecule has 1 heterocycles. The summed E-state index contributed by atoms with van der Waals surface area (Å²) < 4.78 is 3.29. The number of guanidine groups is 1. The zero-order valence-electron chi connectivity index (χ0n) is 15.2. The predicted octanol–water partition coefficient (Wildman–Crippen LogP) is 4.13. The van der Waals surface area contributed by atoms with Crippen molar-refractivity contribution in [3.05, 3.63) is 52.5 Å². The van der Waals surface area contributed by atoms with E-state index in [0.717, 1.165) is 29.3 Å². The van der Waals surface area contributed by atoms with Gasteiger partial charge in [-0.1, -0.05) is 41.9 Å². The molecule has 0 radical (unpaired) electrons. The van der Waals surface area contributed by atoms with Gasteiger partial charge in [0, 0.05) is 44.1 Å². The summed E-state index contributed by atoms with van der Waals surface area (Å²) in [6.45, 7) is 6.86. The molecule has 0 spiro atoms. The lowest BCUT2D eigenvalue weighted by Gasteiger charge is -2.22. The van der Waals surface area contributed by atoms with E-state index in [1.807, 2.05) is 19.4 Å². The number of rotatable bonds is 6. The van der Waals surface area contributed by atoms with Crippen molar-refractivity contribution in [3.8, 4) is 0 Å². The zero-order valence-corrected chi connectivity index (χ0v) is 19.2. The molecular weight excluding hydrogens is 493 g/mol. The maximum atomic E-state index is 4.45. The summed E-state index contributed by atoms with van der Waals surface area (Å²) in [5.74, 6) is 2.48. The van der Waals surface area contributed by atoms with Gasteiger partial charge in [-0.3, -0.25) is 4.99 Å². The van der Waals surface area contributed by atoms with Gasteiger partial charge in [0.2, 0.25) is 0 Å². The maximum absolute atomic E-state index is 4.45. The molecule has 1 N–H and O–H groups in total. The Bertz CT molecular complexity index is 666. The van der Waals surface area contributed by atoms with Gasteiger partial charge in [-0.15, -0.1) is 24.0 Å². The average Bonchev–Trinajstić information content (AvgIpc) is 2.96. The van der Waals surface area contributed by atoms with Crippen LogP contribution in [0, 0.1) is 5.92 Å². The van der Waals surface area contributed by atoms with Crippen molar-refractivity contribution in [2.24, 2.45) is 10.9 Å². The molecule has 5 nitrogen and oxygen atoms in total. The number of aromatic nitrogens is 2. The van der Waals surface area contributed by atoms with Gasteiger partial charge in [-0.25, -0.2) is 4.98 Å². The Morgan fingerprint density at radius 3 is 2.60 bits per heavy atom. The minimum atomic E-state index is 0. The van der Waals surface area contributed by atoms with Gasteiger partial charge in [-0.05, 0) is 23.6 Å². The Hall–Kier alpha value is -1.09. The van der Waals surface area contributed by atoms with Crippen LogP contribution in [0.3, 0.4) is 0 Å². The van der Waals surface area contributed by atoms with Crippen LogP contribution in [0.1, 0.15) is 25.2 Å². The van der Waals surface area contributed by atoms with E-state index >= 15 is 0 Å². The van der Waals surface area contributed by atoms with E-state index in [4.69, 9.17) is 0 Å². The fourth-order valence-electron chi connectivity index (χ4n) is 2.55. The lowest BCUT2D eigenvalue weighted by Crippen LogP contribution is -2.38. The molecule has 2 rings (SSSR count). The van der Waals surface area contributed by atoms with Crippen molar-refractivity contribution in [3.63, 3.8) is 0 Å². The molecular formula is C18H27BrIN5. The van der Waals surface area contributed by atoms with Gasteiger partial charge >= 0.3 is 0 Å². The molecule has 1 aromatic carbocycles. The summed E-state index contributed by atoms with van der Waals surface area (Å²) in [6, 6.07) is 8.34. The van der Waals surface area contributed by atoms with Crippen LogP contribution in [0.4, 0.5) is 0 Å². The van der Waals surface area contributed by atoms with E-state index in [1.54, 1.807) is 7.05 Å². The molecule has 7 heteroatoms. The van der Waals surface area contributed by atoms with E-state index in [1.165, 1.54) is 5.56 Å². The highest BCUT2D eigenvalue weighted by Crippen LogP contribution is 2.12. The zero-order chi connectivity index (χ0) is 17.5. The van der Waals surface area contributed by atoms with Crippen LogP contribution in [0.25, 0.3) is 0 Å². The number of benzene rings is 1. The third kappa shape index (κ3) is 6.97. The molecule has 138 valence electrons. The predicted molar refractivity (Wildman–Crippen MR) is 118 cm³/mol. The van der Waals surface area contributed by atoms with Crippen molar-refractivity contribution in [2.45, 2.75) is 33.5 Å². The summed E-state index contributed by atoms with van der Waals surface area (Å²) in [5.41, 5.74) is 1.24. The number of nitrogens with one attached hydrogen (secondary N) is 1. The molecule has 0 saturated heterocycles. The molecule has 0 aliphatic heterocycles. The monoisotopic (exact) mass is 519 g/mol. The van der Waals surface area contributed by atoms with Gasteiger partial charge in [0.25, 0.3) is 0 Å². The number of halogens is 2. The van der Waals surface area contributed by atoms with Crippen LogP contribution < -0.4 is 5.32 Å². The van der Waals surface area contributed by atoms with Crippen molar-refractivity contribution in [1.82, 2.24) is 19.8 Å². The number of hydrogen-bond donors (Lipinski definition) is 1. The maximum Gasteiger partial charge on any atom is 0.194 e. The summed E-state index contributed by atoms with van der Waals surface area (Å²) in [6.07, 6.45) is 3.89. The quantitative estimate of drug-likeness (QED) is 0.354. The summed E-state index contributed by atoms with van der Waals surface area (Å²) in [7, 11) is 3.85. The lowest BCUT2D eigenvalue weighted by atomic mass is 10.2. The summed E-state index contributed by atoms with van der Waals surface area (Å²) in [5, 5.41) is 3.40. The normalized spacial score (nSPS) is 11.4. The average molecular weight is 520 g/mol. The van der Waals surface area contributed by atoms with Gasteiger partial charge in [0.05, 0.1) is 6.54 Å². The second-order valence-corrected chi connectivity index (χ2v) is 7.19. The standard InChI is InChI=1S/C18H26BrN5.HI/c1-14(2)12-24-10-9-21-17(24)11-22-18(20-3)23(4)13-15-5-7-16(19)8-6-15;/h5-10,14H,11-13H2,1-4H3,(H,20,22);1H. The summed E-state index contributed by atoms with van der Waals surface area (Å²) >= 11 is 3.47. The van der Waals surface area contributed by atoms with Crippen molar-refractivity contribution in [2.75, 3.05) is 14.1 Å². The number of hydrogen-bond acceptors (Lipinski definition) is 2. The molecule has 0 fully saturated rings. The molecule has 0 saturated carbocycles. The van der Waals surface area contributed by atoms with Crippen molar-refractivity contribution in [1.29, 1.82) is 0 Å². The van der Waals surface area contributed by atoms with Gasteiger partial charge in [-0.2, -0.15) is 0 Å². The topological polar surface area (TPSA) is 45.5 Å². The molecule has 0 atom stereocenters. The first kappa shape index (κ1) is 22.0. The van der Waals surface area contributed by atoms with Crippen LogP contribution in [-0.4, -0.2) is 34.5 Å². The van der Waals surface area contributed by atoms with Gasteiger partial charge in [0.15, 0.2) is 5.96 Å². The van der Waals surface area contributed by atoms with Gasteiger partial charge in [0.1, 0.15) is 5.82 Å². The Labute approximate surface area is 176 Å². The van der Waals surface area contributed by atoms with Crippen LogP contribution in [0.5, 0.6) is 0 Å². The Kier molecular flexibility index (Phi) is 9.48. The van der Waals surface area contributed by atoms with E-state index in [-0.39, 0.29) is 24.0 Å². The first-order valence-corrected chi connectivity index (χ1v) is 8.95. The molecule has 0 aliphatic carbocycles. The lowest BCUT2D eigenvalue weighted by molar-refractivity contribution is 0.468. The van der Waals surface area contributed by atoms with E-state index in [9.17, 15) is 0 Å². The van der Waals surface area contributed by atoms with Crippen LogP contribution >= 0.6 is 39.9 Å². The Balaban J connectivity index is 0.00000312. The second kappa shape index (κ2) is 10.8. The minimum absolute atomic E-state index is 0.